The first-order valence-corrected chi connectivity index (χ1v) is 14.1. The van der Waals surface area contributed by atoms with Crippen molar-refractivity contribution in [3.05, 3.63) is 17.6 Å². The van der Waals surface area contributed by atoms with Crippen LogP contribution in [-0.4, -0.2) is 11.2 Å². The smallest absolute Gasteiger partial charge is 0.0577 e. The molecular weight excluding hydrogens is 388 g/mol. The first-order valence-electron chi connectivity index (χ1n) is 14.1. The first kappa shape index (κ1) is 26.3. The maximum Gasteiger partial charge on any atom is 0.0577 e. The Hall–Kier alpha value is -0.300. The summed E-state index contributed by atoms with van der Waals surface area (Å²) in [5, 5.41) is 10.2. The van der Waals surface area contributed by atoms with E-state index >= 15 is 0 Å². The molecule has 1 heteroatoms. The van der Waals surface area contributed by atoms with Gasteiger partial charge >= 0.3 is 0 Å². The van der Waals surface area contributed by atoms with Gasteiger partial charge in [0.05, 0.1) is 6.10 Å². The Bertz CT molecular complexity index is 630. The molecule has 0 saturated heterocycles. The van der Waals surface area contributed by atoms with E-state index in [0.717, 1.165) is 48.3 Å². The molecule has 0 unspecified atom stereocenters. The highest BCUT2D eigenvalue weighted by molar-refractivity contribution is 5.25. The number of aliphatic hydroxyl groups excluding tert-OH is 1. The summed E-state index contributed by atoms with van der Waals surface area (Å²) >= 11 is 0. The van der Waals surface area contributed by atoms with Gasteiger partial charge in [0.2, 0.25) is 0 Å². The van der Waals surface area contributed by atoms with Crippen molar-refractivity contribution in [1.29, 1.82) is 0 Å². The Balaban J connectivity index is 0.000000668. The Labute approximate surface area is 201 Å². The zero-order chi connectivity index (χ0) is 23.7. The SMILES string of the molecule is CC(C)CCC[C@@H](C)[C@H]1CC[C@H]2[C@@H]3CC=C4C[C@@H](O)CC[C@]4(C)[C@H]3CC[C@]12C.C[C](C)C. The summed E-state index contributed by atoms with van der Waals surface area (Å²) in [5.74, 6) is 6.87. The van der Waals surface area contributed by atoms with Gasteiger partial charge in [-0.1, -0.05) is 86.3 Å². The van der Waals surface area contributed by atoms with Gasteiger partial charge in [-0.25, -0.2) is 0 Å². The Morgan fingerprint density at radius 3 is 2.31 bits per heavy atom. The molecule has 3 saturated carbocycles. The number of rotatable bonds is 5. The normalized spacial score (nSPS) is 41.8. The largest absolute Gasteiger partial charge is 0.393 e. The predicted molar refractivity (Wildman–Crippen MR) is 139 cm³/mol. The lowest BCUT2D eigenvalue weighted by Crippen LogP contribution is -2.50. The summed E-state index contributed by atoms with van der Waals surface area (Å²) in [6.07, 6.45) is 17.2. The van der Waals surface area contributed by atoms with Gasteiger partial charge < -0.3 is 5.11 Å². The number of allylic oxidation sites excluding steroid dienone is 1. The molecule has 4 aliphatic carbocycles. The molecule has 0 aromatic heterocycles. The third-order valence-corrected chi connectivity index (χ3v) is 10.3. The van der Waals surface area contributed by atoms with Gasteiger partial charge in [0.1, 0.15) is 0 Å². The minimum Gasteiger partial charge on any atom is -0.393 e. The molecule has 0 amide bonds. The van der Waals surface area contributed by atoms with Crippen LogP contribution in [0, 0.1) is 52.3 Å². The van der Waals surface area contributed by atoms with E-state index in [1.54, 1.807) is 5.57 Å². The van der Waals surface area contributed by atoms with Crippen molar-refractivity contribution in [3.8, 4) is 0 Å². The van der Waals surface area contributed by atoms with Crippen molar-refractivity contribution >= 4 is 0 Å². The molecule has 1 N–H and O–H groups in total. The molecule has 4 aliphatic rings. The van der Waals surface area contributed by atoms with Crippen LogP contribution in [0.4, 0.5) is 0 Å². The lowest BCUT2D eigenvalue weighted by Gasteiger charge is -2.58. The molecule has 185 valence electrons. The number of fused-ring (bicyclic) bond motifs is 5. The van der Waals surface area contributed by atoms with Crippen LogP contribution < -0.4 is 0 Å². The first-order chi connectivity index (χ1) is 15.0. The zero-order valence-corrected chi connectivity index (χ0v) is 22.8. The zero-order valence-electron chi connectivity index (χ0n) is 22.8. The summed E-state index contributed by atoms with van der Waals surface area (Å²) in [7, 11) is 0. The van der Waals surface area contributed by atoms with Gasteiger partial charge in [-0.05, 0) is 104 Å². The fourth-order valence-corrected chi connectivity index (χ4v) is 8.67. The Morgan fingerprint density at radius 1 is 0.969 bits per heavy atom. The molecule has 8 atom stereocenters. The Morgan fingerprint density at radius 2 is 1.66 bits per heavy atom. The fraction of sp³-hybridized carbons (Fsp3) is 0.903. The second-order valence-corrected chi connectivity index (χ2v) is 13.7. The predicted octanol–water partition coefficient (Wildman–Crippen LogP) is 9.01. The fourth-order valence-electron chi connectivity index (χ4n) is 8.67. The minimum atomic E-state index is -0.0766. The summed E-state index contributed by atoms with van der Waals surface area (Å²) in [5.41, 5.74) is 2.60. The summed E-state index contributed by atoms with van der Waals surface area (Å²) in [4.78, 5) is 0. The van der Waals surface area contributed by atoms with Crippen LogP contribution >= 0.6 is 0 Å². The molecule has 0 aromatic carbocycles. The third-order valence-electron chi connectivity index (χ3n) is 10.3. The molecule has 0 heterocycles. The monoisotopic (exact) mass is 443 g/mol. The van der Waals surface area contributed by atoms with E-state index < -0.39 is 0 Å². The molecule has 0 aromatic rings. The van der Waals surface area contributed by atoms with Gasteiger partial charge in [-0.2, -0.15) is 0 Å². The minimum absolute atomic E-state index is 0.0766. The van der Waals surface area contributed by atoms with Gasteiger partial charge in [0.25, 0.3) is 0 Å². The van der Waals surface area contributed by atoms with Gasteiger partial charge in [0.15, 0.2) is 0 Å². The van der Waals surface area contributed by atoms with E-state index in [1.807, 2.05) is 0 Å². The van der Waals surface area contributed by atoms with E-state index in [0.29, 0.717) is 10.8 Å². The maximum atomic E-state index is 10.2. The van der Waals surface area contributed by atoms with E-state index in [4.69, 9.17) is 0 Å². The average Bonchev–Trinajstić information content (AvgIpc) is 3.05. The molecule has 1 radical (unpaired) electrons. The van der Waals surface area contributed by atoms with Gasteiger partial charge in [-0.3, -0.25) is 0 Å². The second kappa shape index (κ2) is 10.5. The highest BCUT2D eigenvalue weighted by Crippen LogP contribution is 2.67. The van der Waals surface area contributed by atoms with Crippen molar-refractivity contribution in [2.24, 2.45) is 46.3 Å². The van der Waals surface area contributed by atoms with Crippen LogP contribution in [0.2, 0.25) is 0 Å². The quantitative estimate of drug-likeness (QED) is 0.420. The Kier molecular flexibility index (Phi) is 8.66. The van der Waals surface area contributed by atoms with E-state index in [2.05, 4.69) is 61.5 Å². The summed E-state index contributed by atoms with van der Waals surface area (Å²) in [6.45, 7) is 18.8. The number of hydrogen-bond donors (Lipinski definition) is 1. The maximum absolute atomic E-state index is 10.2. The van der Waals surface area contributed by atoms with E-state index in [-0.39, 0.29) is 6.10 Å². The molecule has 3 fully saturated rings. The third kappa shape index (κ3) is 5.34. The number of aliphatic hydroxyl groups is 1. The van der Waals surface area contributed by atoms with Crippen LogP contribution in [0.3, 0.4) is 0 Å². The van der Waals surface area contributed by atoms with E-state index in [9.17, 15) is 5.11 Å². The van der Waals surface area contributed by atoms with E-state index in [1.165, 1.54) is 63.7 Å². The van der Waals surface area contributed by atoms with Crippen LogP contribution in [0.25, 0.3) is 0 Å². The topological polar surface area (TPSA) is 20.2 Å². The summed E-state index contributed by atoms with van der Waals surface area (Å²) < 4.78 is 0. The van der Waals surface area contributed by atoms with Crippen molar-refractivity contribution in [2.45, 2.75) is 132 Å². The lowest BCUT2D eigenvalue weighted by atomic mass is 9.47. The summed E-state index contributed by atoms with van der Waals surface area (Å²) in [6, 6.07) is 0. The van der Waals surface area contributed by atoms with Crippen molar-refractivity contribution in [2.75, 3.05) is 0 Å². The number of hydrogen-bond acceptors (Lipinski definition) is 1. The van der Waals surface area contributed by atoms with Crippen LogP contribution in [-0.2, 0) is 0 Å². The van der Waals surface area contributed by atoms with Gasteiger partial charge in [-0.15, -0.1) is 0 Å². The van der Waals surface area contributed by atoms with Crippen molar-refractivity contribution < 1.29 is 5.11 Å². The van der Waals surface area contributed by atoms with Crippen molar-refractivity contribution in [1.82, 2.24) is 0 Å². The van der Waals surface area contributed by atoms with Crippen LogP contribution in [0.1, 0.15) is 126 Å². The molecule has 0 bridgehead atoms. The molecule has 1 nitrogen and oxygen atoms in total. The molecular formula is C31H55O. The molecule has 0 aliphatic heterocycles. The van der Waals surface area contributed by atoms with Crippen molar-refractivity contribution in [3.63, 3.8) is 0 Å². The molecule has 4 rings (SSSR count). The average molecular weight is 444 g/mol. The van der Waals surface area contributed by atoms with Crippen LogP contribution in [0.5, 0.6) is 0 Å². The highest BCUT2D eigenvalue weighted by Gasteiger charge is 2.59. The van der Waals surface area contributed by atoms with Gasteiger partial charge in [0, 0.05) is 0 Å². The molecule has 32 heavy (non-hydrogen) atoms. The van der Waals surface area contributed by atoms with Crippen LogP contribution in [0.15, 0.2) is 11.6 Å². The lowest BCUT2D eigenvalue weighted by molar-refractivity contribution is -0.0573. The molecule has 0 spiro atoms. The standard InChI is InChI=1S/C27H46O.C4H9/c1-18(2)7-6-8-19(3)23-11-12-24-22-10-9-20-17-21(28)13-15-26(20,4)25(22)14-16-27(23,24)5;1-4(2)3/h9,18-19,21-25,28H,6-8,10-17H2,1-5H3;1-3H3/t19-,21+,22+,23-,24+,25+,26+,27-;/m1./s1. The highest BCUT2D eigenvalue weighted by atomic mass is 16.3. The second-order valence-electron chi connectivity index (χ2n) is 13.7.